The molecule has 0 radical (unpaired) electrons. The fourth-order valence-corrected chi connectivity index (χ4v) is 3.61. The molecule has 1 N–H and O–H groups in total. The van der Waals surface area contributed by atoms with Crippen molar-refractivity contribution in [2.24, 2.45) is 0 Å². The maximum absolute atomic E-state index is 4.12. The SMILES string of the molecule is BrCCc1nnc(Nc2cccnc2)[se]1. The van der Waals surface area contributed by atoms with E-state index < -0.39 is 0 Å². The van der Waals surface area contributed by atoms with Crippen molar-refractivity contribution in [1.29, 1.82) is 0 Å². The van der Waals surface area contributed by atoms with Gasteiger partial charge in [-0.05, 0) is 0 Å². The summed E-state index contributed by atoms with van der Waals surface area (Å²) >= 11 is 3.63. The monoisotopic (exact) mass is 332 g/mol. The Labute approximate surface area is 102 Å². The van der Waals surface area contributed by atoms with Gasteiger partial charge in [-0.3, -0.25) is 0 Å². The molecule has 2 aromatic rings. The van der Waals surface area contributed by atoms with Crippen LogP contribution in [0.1, 0.15) is 4.57 Å². The van der Waals surface area contributed by atoms with Gasteiger partial charge in [0.25, 0.3) is 0 Å². The summed E-state index contributed by atoms with van der Waals surface area (Å²) in [6, 6.07) is 3.86. The average molecular weight is 332 g/mol. The van der Waals surface area contributed by atoms with Crippen molar-refractivity contribution < 1.29 is 0 Å². The van der Waals surface area contributed by atoms with Crippen molar-refractivity contribution in [2.45, 2.75) is 6.42 Å². The molecule has 0 saturated carbocycles. The summed E-state index contributed by atoms with van der Waals surface area (Å²) in [6.07, 6.45) is 4.50. The third kappa shape index (κ3) is 3.12. The van der Waals surface area contributed by atoms with E-state index in [0.717, 1.165) is 22.1 Å². The first-order valence-corrected chi connectivity index (χ1v) is 7.27. The molecule has 78 valence electrons. The van der Waals surface area contributed by atoms with Gasteiger partial charge in [-0.1, -0.05) is 0 Å². The predicted octanol–water partition coefficient (Wildman–Crippen LogP) is 1.61. The van der Waals surface area contributed by atoms with Gasteiger partial charge >= 0.3 is 102 Å². The number of nitrogens with zero attached hydrogens (tertiary/aromatic N) is 3. The summed E-state index contributed by atoms with van der Waals surface area (Å²) < 4.78 is 2.12. The predicted molar refractivity (Wildman–Crippen MR) is 64.0 cm³/mol. The number of hydrogen-bond donors (Lipinski definition) is 1. The average Bonchev–Trinajstić information content (AvgIpc) is 2.68. The molecular weight excluding hydrogens is 323 g/mol. The molecule has 0 aliphatic rings. The summed E-state index contributed by atoms with van der Waals surface area (Å²) in [5.74, 6) is 0. The maximum atomic E-state index is 4.12. The van der Waals surface area contributed by atoms with Crippen molar-refractivity contribution in [1.82, 2.24) is 15.2 Å². The second-order valence-corrected chi connectivity index (χ2v) is 5.83. The number of anilines is 2. The van der Waals surface area contributed by atoms with Crippen LogP contribution in [0.25, 0.3) is 0 Å². The Kier molecular flexibility index (Phi) is 3.88. The number of pyridine rings is 1. The Morgan fingerprint density at radius 3 is 3.07 bits per heavy atom. The quantitative estimate of drug-likeness (QED) is 0.683. The molecule has 0 atom stereocenters. The van der Waals surface area contributed by atoms with Crippen molar-refractivity contribution >= 4 is 40.8 Å². The second kappa shape index (κ2) is 5.39. The fraction of sp³-hybridized carbons (Fsp3) is 0.222. The van der Waals surface area contributed by atoms with Gasteiger partial charge in [-0.15, -0.1) is 0 Å². The minimum atomic E-state index is 0.240. The fourth-order valence-electron chi connectivity index (χ4n) is 1.05. The molecule has 2 rings (SSSR count). The Morgan fingerprint density at radius 2 is 2.33 bits per heavy atom. The first kappa shape index (κ1) is 10.8. The number of hydrogen-bond acceptors (Lipinski definition) is 4. The summed E-state index contributed by atoms with van der Waals surface area (Å²) in [6.45, 7) is 0. The van der Waals surface area contributed by atoms with E-state index in [2.05, 4.69) is 36.4 Å². The zero-order valence-corrected chi connectivity index (χ0v) is 11.2. The van der Waals surface area contributed by atoms with E-state index in [9.17, 15) is 0 Å². The molecule has 15 heavy (non-hydrogen) atoms. The van der Waals surface area contributed by atoms with E-state index in [4.69, 9.17) is 0 Å². The molecule has 0 aliphatic carbocycles. The van der Waals surface area contributed by atoms with Crippen LogP contribution < -0.4 is 5.32 Å². The van der Waals surface area contributed by atoms with Crippen LogP contribution in [0.15, 0.2) is 24.5 Å². The number of halogens is 1. The van der Waals surface area contributed by atoms with Gasteiger partial charge in [0, 0.05) is 0 Å². The number of rotatable bonds is 4. The number of alkyl halides is 1. The van der Waals surface area contributed by atoms with E-state index in [1.165, 1.54) is 4.57 Å². The van der Waals surface area contributed by atoms with Crippen LogP contribution in [-0.4, -0.2) is 35.0 Å². The first-order chi connectivity index (χ1) is 7.38. The van der Waals surface area contributed by atoms with Gasteiger partial charge in [-0.2, -0.15) is 0 Å². The molecule has 0 saturated heterocycles. The summed E-state index contributed by atoms with van der Waals surface area (Å²) in [4.78, 5) is 4.03. The molecule has 0 aliphatic heterocycles. The topological polar surface area (TPSA) is 50.7 Å². The molecule has 0 amide bonds. The Hall–Kier alpha value is -0.711. The minimum absolute atomic E-state index is 0.240. The molecule has 0 unspecified atom stereocenters. The number of aromatic nitrogens is 3. The van der Waals surface area contributed by atoms with E-state index in [1.807, 2.05) is 12.1 Å². The molecular formula is C9H9BrN4Se. The normalized spacial score (nSPS) is 10.2. The molecule has 2 aromatic heterocycles. The molecule has 0 spiro atoms. The Bertz CT molecular complexity index is 417. The van der Waals surface area contributed by atoms with Gasteiger partial charge in [0.2, 0.25) is 0 Å². The second-order valence-electron chi connectivity index (χ2n) is 2.81. The zero-order chi connectivity index (χ0) is 10.5. The number of aryl methyl sites for hydroxylation is 1. The van der Waals surface area contributed by atoms with Gasteiger partial charge in [0.15, 0.2) is 0 Å². The van der Waals surface area contributed by atoms with Crippen molar-refractivity contribution in [2.75, 3.05) is 10.6 Å². The van der Waals surface area contributed by atoms with Gasteiger partial charge in [0.1, 0.15) is 0 Å². The van der Waals surface area contributed by atoms with Crippen LogP contribution in [0.2, 0.25) is 0 Å². The first-order valence-electron chi connectivity index (χ1n) is 4.44. The van der Waals surface area contributed by atoms with Crippen LogP contribution in [0.3, 0.4) is 0 Å². The molecule has 4 nitrogen and oxygen atoms in total. The van der Waals surface area contributed by atoms with Crippen molar-refractivity contribution in [3.8, 4) is 0 Å². The van der Waals surface area contributed by atoms with E-state index in [-0.39, 0.29) is 14.5 Å². The van der Waals surface area contributed by atoms with Gasteiger partial charge in [0.05, 0.1) is 0 Å². The van der Waals surface area contributed by atoms with E-state index >= 15 is 0 Å². The molecule has 0 bridgehead atoms. The van der Waals surface area contributed by atoms with Crippen LogP contribution in [0, 0.1) is 0 Å². The van der Waals surface area contributed by atoms with Gasteiger partial charge in [-0.25, -0.2) is 0 Å². The van der Waals surface area contributed by atoms with Crippen molar-refractivity contribution in [3.05, 3.63) is 29.1 Å². The van der Waals surface area contributed by atoms with Crippen LogP contribution in [0.4, 0.5) is 10.4 Å². The van der Waals surface area contributed by atoms with Crippen LogP contribution in [-0.2, 0) is 6.42 Å². The van der Waals surface area contributed by atoms with E-state index in [1.54, 1.807) is 12.4 Å². The third-order valence-electron chi connectivity index (χ3n) is 1.69. The Balaban J connectivity index is 2.05. The van der Waals surface area contributed by atoms with Gasteiger partial charge < -0.3 is 0 Å². The summed E-state index contributed by atoms with van der Waals surface area (Å²) in [7, 11) is 0. The molecule has 6 heteroatoms. The van der Waals surface area contributed by atoms with Crippen LogP contribution >= 0.6 is 15.9 Å². The van der Waals surface area contributed by atoms with E-state index in [0.29, 0.717) is 0 Å². The number of nitrogens with one attached hydrogen (secondary N) is 1. The molecule has 2 heterocycles. The molecule has 0 fully saturated rings. The molecule has 0 aromatic carbocycles. The van der Waals surface area contributed by atoms with Crippen molar-refractivity contribution in [3.63, 3.8) is 0 Å². The van der Waals surface area contributed by atoms with Crippen LogP contribution in [0.5, 0.6) is 0 Å². The zero-order valence-electron chi connectivity index (χ0n) is 7.85. The Morgan fingerprint density at radius 1 is 1.40 bits per heavy atom. The summed E-state index contributed by atoms with van der Waals surface area (Å²) in [5, 5.41) is 12.4. The third-order valence-corrected chi connectivity index (χ3v) is 3.97. The summed E-state index contributed by atoms with van der Waals surface area (Å²) in [5.41, 5.74) is 0.966. The standard InChI is InChI=1S/C9H9BrN4Se/c10-4-3-8-13-14-9(15-8)12-7-2-1-5-11-6-7/h1-2,5-6H,3-4H2,(H,12,14).